The number of nitrogens with zero attached hydrogens (tertiary/aromatic N) is 3. The molecule has 8 heteroatoms. The molecule has 4 rings (SSSR count). The van der Waals surface area contributed by atoms with Crippen LogP contribution >= 0.6 is 11.6 Å². The van der Waals surface area contributed by atoms with E-state index in [0.29, 0.717) is 12.2 Å². The standard InChI is InChI=1S/C22H22ClN5O2/c23-13-20(29)24-15-22(16-7-3-1-4-8-16)11-17(12-22)26-21(30)19-14-25-27-28(19)18-9-5-2-6-10-18/h1-10,14,17H,11-13,15H2,(H,24,29)(H,26,30). The van der Waals surface area contributed by atoms with Gasteiger partial charge in [0.2, 0.25) is 5.91 Å². The van der Waals surface area contributed by atoms with Gasteiger partial charge in [-0.05, 0) is 30.5 Å². The van der Waals surface area contributed by atoms with E-state index in [2.05, 4.69) is 33.1 Å². The molecule has 2 amide bonds. The molecule has 1 heterocycles. The molecule has 2 N–H and O–H groups in total. The van der Waals surface area contributed by atoms with Crippen LogP contribution in [-0.4, -0.2) is 45.3 Å². The molecular formula is C22H22ClN5O2. The molecule has 1 aromatic heterocycles. The van der Waals surface area contributed by atoms with Crippen molar-refractivity contribution in [3.63, 3.8) is 0 Å². The first-order chi connectivity index (χ1) is 14.6. The molecule has 7 nitrogen and oxygen atoms in total. The van der Waals surface area contributed by atoms with Gasteiger partial charge >= 0.3 is 0 Å². The Labute approximate surface area is 179 Å². The molecule has 154 valence electrons. The second-order valence-electron chi connectivity index (χ2n) is 7.50. The number of hydrogen-bond acceptors (Lipinski definition) is 4. The van der Waals surface area contributed by atoms with Crippen LogP contribution in [0, 0.1) is 0 Å². The maximum Gasteiger partial charge on any atom is 0.271 e. The van der Waals surface area contributed by atoms with Crippen LogP contribution in [0.2, 0.25) is 0 Å². The molecule has 1 fully saturated rings. The third-order valence-electron chi connectivity index (χ3n) is 5.52. The first-order valence-corrected chi connectivity index (χ1v) is 10.3. The van der Waals surface area contributed by atoms with Crippen LogP contribution in [-0.2, 0) is 10.2 Å². The van der Waals surface area contributed by atoms with Gasteiger partial charge in [0, 0.05) is 18.0 Å². The minimum atomic E-state index is -0.223. The van der Waals surface area contributed by atoms with Crippen molar-refractivity contribution >= 4 is 23.4 Å². The summed E-state index contributed by atoms with van der Waals surface area (Å²) in [6, 6.07) is 19.4. The minimum Gasteiger partial charge on any atom is -0.354 e. The fourth-order valence-corrected chi connectivity index (χ4v) is 4.08. The summed E-state index contributed by atoms with van der Waals surface area (Å²) in [6.45, 7) is 0.485. The van der Waals surface area contributed by atoms with E-state index < -0.39 is 0 Å². The lowest BCUT2D eigenvalue weighted by atomic mass is 9.61. The molecule has 30 heavy (non-hydrogen) atoms. The Morgan fingerprint density at radius 1 is 1.07 bits per heavy atom. The largest absolute Gasteiger partial charge is 0.354 e. The highest BCUT2D eigenvalue weighted by Gasteiger charge is 2.46. The number of alkyl halides is 1. The van der Waals surface area contributed by atoms with E-state index >= 15 is 0 Å². The number of amides is 2. The quantitative estimate of drug-likeness (QED) is 0.571. The number of aromatic nitrogens is 3. The van der Waals surface area contributed by atoms with Gasteiger partial charge in [-0.25, -0.2) is 4.68 Å². The molecule has 0 atom stereocenters. The highest BCUT2D eigenvalue weighted by atomic mass is 35.5. The van der Waals surface area contributed by atoms with Gasteiger partial charge in [-0.15, -0.1) is 16.7 Å². The second-order valence-corrected chi connectivity index (χ2v) is 7.77. The number of para-hydroxylation sites is 1. The zero-order valence-corrected chi connectivity index (χ0v) is 17.0. The summed E-state index contributed by atoms with van der Waals surface area (Å²) < 4.78 is 1.53. The molecule has 2 aromatic carbocycles. The van der Waals surface area contributed by atoms with Gasteiger partial charge in [-0.1, -0.05) is 53.7 Å². The number of nitrogens with one attached hydrogen (secondary N) is 2. The maximum atomic E-state index is 12.9. The fourth-order valence-electron chi connectivity index (χ4n) is 3.98. The van der Waals surface area contributed by atoms with Crippen LogP contribution < -0.4 is 10.6 Å². The van der Waals surface area contributed by atoms with Gasteiger partial charge in [0.1, 0.15) is 5.88 Å². The van der Waals surface area contributed by atoms with Crippen LogP contribution in [0.5, 0.6) is 0 Å². The monoisotopic (exact) mass is 423 g/mol. The van der Waals surface area contributed by atoms with Crippen molar-refractivity contribution in [3.8, 4) is 5.69 Å². The van der Waals surface area contributed by atoms with Crippen LogP contribution in [0.15, 0.2) is 66.9 Å². The van der Waals surface area contributed by atoms with Crippen LogP contribution in [0.1, 0.15) is 28.9 Å². The average molecular weight is 424 g/mol. The third-order valence-corrected chi connectivity index (χ3v) is 5.77. The molecule has 0 bridgehead atoms. The molecule has 1 saturated carbocycles. The summed E-state index contributed by atoms with van der Waals surface area (Å²) in [6.07, 6.45) is 2.91. The molecule has 0 radical (unpaired) electrons. The number of halogens is 1. The average Bonchev–Trinajstić information content (AvgIpc) is 3.26. The third kappa shape index (κ3) is 4.07. The minimum absolute atomic E-state index is 0.00951. The summed E-state index contributed by atoms with van der Waals surface area (Å²) in [7, 11) is 0. The Balaban J connectivity index is 1.45. The molecule has 1 aliphatic carbocycles. The SMILES string of the molecule is O=C(CCl)NCC1(c2ccccc2)CC(NC(=O)c2cnnn2-c2ccccc2)C1. The normalized spacial score (nSPS) is 20.2. The van der Waals surface area contributed by atoms with E-state index in [1.54, 1.807) is 0 Å². The lowest BCUT2D eigenvalue weighted by Gasteiger charge is -2.48. The van der Waals surface area contributed by atoms with Crippen LogP contribution in [0.4, 0.5) is 0 Å². The fraction of sp³-hybridized carbons (Fsp3) is 0.273. The summed E-state index contributed by atoms with van der Waals surface area (Å²) in [5, 5.41) is 13.9. The van der Waals surface area contributed by atoms with Crippen molar-refractivity contribution < 1.29 is 9.59 Å². The molecular weight excluding hydrogens is 402 g/mol. The van der Waals surface area contributed by atoms with Gasteiger partial charge < -0.3 is 10.6 Å². The molecule has 0 saturated heterocycles. The highest BCUT2D eigenvalue weighted by Crippen LogP contribution is 2.43. The first kappa shape index (κ1) is 20.1. The van der Waals surface area contributed by atoms with Crippen molar-refractivity contribution in [1.82, 2.24) is 25.6 Å². The van der Waals surface area contributed by atoms with Crippen molar-refractivity contribution in [2.45, 2.75) is 24.3 Å². The van der Waals surface area contributed by atoms with E-state index in [1.807, 2.05) is 48.5 Å². The topological polar surface area (TPSA) is 88.9 Å². The number of carbonyl (C=O) groups is 2. The number of rotatable bonds is 7. The van der Waals surface area contributed by atoms with Crippen molar-refractivity contribution in [1.29, 1.82) is 0 Å². The maximum absolute atomic E-state index is 12.9. The molecule has 0 spiro atoms. The van der Waals surface area contributed by atoms with Gasteiger partial charge in [0.15, 0.2) is 5.69 Å². The molecule has 1 aliphatic rings. The Kier molecular flexibility index (Phi) is 5.81. The number of carbonyl (C=O) groups excluding carboxylic acids is 2. The van der Waals surface area contributed by atoms with Gasteiger partial charge in [0.05, 0.1) is 11.9 Å². The first-order valence-electron chi connectivity index (χ1n) is 9.76. The van der Waals surface area contributed by atoms with E-state index in [0.717, 1.165) is 24.1 Å². The van der Waals surface area contributed by atoms with E-state index in [9.17, 15) is 9.59 Å². The second kappa shape index (κ2) is 8.67. The highest BCUT2D eigenvalue weighted by molar-refractivity contribution is 6.27. The Morgan fingerprint density at radius 3 is 2.40 bits per heavy atom. The predicted molar refractivity (Wildman–Crippen MR) is 114 cm³/mol. The molecule has 0 aliphatic heterocycles. The Morgan fingerprint density at radius 2 is 1.73 bits per heavy atom. The zero-order chi connectivity index (χ0) is 21.0. The van der Waals surface area contributed by atoms with E-state index in [4.69, 9.17) is 11.6 Å². The summed E-state index contributed by atoms with van der Waals surface area (Å²) in [5.74, 6) is -0.487. The number of benzene rings is 2. The molecule has 0 unspecified atom stereocenters. The summed E-state index contributed by atoms with van der Waals surface area (Å²) >= 11 is 5.62. The smallest absolute Gasteiger partial charge is 0.271 e. The predicted octanol–water partition coefficient (Wildman–Crippen LogP) is 2.45. The van der Waals surface area contributed by atoms with Gasteiger partial charge in [-0.2, -0.15) is 0 Å². The lowest BCUT2D eigenvalue weighted by molar-refractivity contribution is -0.119. The molecule has 3 aromatic rings. The van der Waals surface area contributed by atoms with Crippen molar-refractivity contribution in [2.24, 2.45) is 0 Å². The van der Waals surface area contributed by atoms with E-state index in [1.165, 1.54) is 10.9 Å². The number of hydrogen-bond donors (Lipinski definition) is 2. The van der Waals surface area contributed by atoms with Crippen LogP contribution in [0.25, 0.3) is 5.69 Å². The zero-order valence-electron chi connectivity index (χ0n) is 16.3. The summed E-state index contributed by atoms with van der Waals surface area (Å²) in [5.41, 5.74) is 2.07. The van der Waals surface area contributed by atoms with Crippen molar-refractivity contribution in [2.75, 3.05) is 12.4 Å². The van der Waals surface area contributed by atoms with Gasteiger partial charge in [-0.3, -0.25) is 9.59 Å². The van der Waals surface area contributed by atoms with Crippen molar-refractivity contribution in [3.05, 3.63) is 78.1 Å². The Bertz CT molecular complexity index is 1020. The van der Waals surface area contributed by atoms with Crippen LogP contribution in [0.3, 0.4) is 0 Å². The van der Waals surface area contributed by atoms with E-state index in [-0.39, 0.29) is 29.2 Å². The summed E-state index contributed by atoms with van der Waals surface area (Å²) in [4.78, 5) is 24.6. The lowest BCUT2D eigenvalue weighted by Crippen LogP contribution is -2.58. The Hall–Kier alpha value is -3.19. The van der Waals surface area contributed by atoms with Gasteiger partial charge in [0.25, 0.3) is 5.91 Å².